The van der Waals surface area contributed by atoms with Crippen LogP contribution in [0.15, 0.2) is 15.7 Å². The summed E-state index contributed by atoms with van der Waals surface area (Å²) in [5.74, 6) is 0. The normalized spacial score (nSPS) is 12.0. The van der Waals surface area contributed by atoms with E-state index < -0.39 is 0 Å². The molecule has 0 aliphatic heterocycles. The van der Waals surface area contributed by atoms with Crippen LogP contribution in [-0.2, 0) is 0 Å². The van der Waals surface area contributed by atoms with Crippen LogP contribution < -0.4 is 0 Å². The lowest BCUT2D eigenvalue weighted by molar-refractivity contribution is 0.804. The largest absolute Gasteiger partial charge is 0.137 e. The molecule has 0 amide bonds. The van der Waals surface area contributed by atoms with Crippen molar-refractivity contribution in [3.63, 3.8) is 0 Å². The maximum atomic E-state index is 2.25. The number of thioether (sulfide) groups is 1. The summed E-state index contributed by atoms with van der Waals surface area (Å²) in [6.07, 6.45) is 0. The molecular formula is C9H14S2. The zero-order valence-corrected chi connectivity index (χ0v) is 9.10. The van der Waals surface area contributed by atoms with Gasteiger partial charge < -0.3 is 0 Å². The fourth-order valence-corrected chi connectivity index (χ4v) is 3.29. The first-order valence-corrected chi connectivity index (χ1v) is 5.42. The van der Waals surface area contributed by atoms with Crippen molar-refractivity contribution in [2.75, 3.05) is 0 Å². The Bertz CT molecular complexity index is 230. The number of hydrogen-bond acceptors (Lipinski definition) is 2. The Hall–Kier alpha value is 0.0500. The molecule has 1 aromatic rings. The van der Waals surface area contributed by atoms with Crippen molar-refractivity contribution >= 4 is 23.1 Å². The highest BCUT2D eigenvalue weighted by atomic mass is 32.2. The lowest BCUT2D eigenvalue weighted by Gasteiger charge is -2.16. The van der Waals surface area contributed by atoms with Gasteiger partial charge in [-0.25, -0.2) is 0 Å². The van der Waals surface area contributed by atoms with E-state index in [1.54, 1.807) is 0 Å². The van der Waals surface area contributed by atoms with Crippen LogP contribution in [0.4, 0.5) is 0 Å². The second kappa shape index (κ2) is 3.20. The molecule has 0 nitrogen and oxygen atoms in total. The third kappa shape index (κ3) is 2.88. The molecule has 0 saturated heterocycles. The molecule has 0 radical (unpaired) electrons. The van der Waals surface area contributed by atoms with E-state index in [2.05, 4.69) is 39.1 Å². The van der Waals surface area contributed by atoms with Gasteiger partial charge in [0.25, 0.3) is 0 Å². The SMILES string of the molecule is Cc1ccsc1SC(C)(C)C. The van der Waals surface area contributed by atoms with Crippen LogP contribution in [0.25, 0.3) is 0 Å². The van der Waals surface area contributed by atoms with Crippen LogP contribution in [0, 0.1) is 6.92 Å². The third-order valence-electron chi connectivity index (χ3n) is 1.21. The Kier molecular flexibility index (Phi) is 2.66. The van der Waals surface area contributed by atoms with Gasteiger partial charge in [-0.2, -0.15) is 0 Å². The van der Waals surface area contributed by atoms with Crippen molar-refractivity contribution < 1.29 is 0 Å². The predicted octanol–water partition coefficient (Wildman–Crippen LogP) is 3.95. The molecule has 1 rings (SSSR count). The van der Waals surface area contributed by atoms with Crippen molar-refractivity contribution in [2.45, 2.75) is 36.7 Å². The Balaban J connectivity index is 2.72. The minimum Gasteiger partial charge on any atom is -0.137 e. The van der Waals surface area contributed by atoms with Crippen LogP contribution in [0.2, 0.25) is 0 Å². The fourth-order valence-electron chi connectivity index (χ4n) is 0.742. The molecule has 1 aromatic heterocycles. The topological polar surface area (TPSA) is 0 Å². The quantitative estimate of drug-likeness (QED) is 0.598. The van der Waals surface area contributed by atoms with Crippen molar-refractivity contribution in [1.82, 2.24) is 0 Å². The monoisotopic (exact) mass is 186 g/mol. The Morgan fingerprint density at radius 1 is 1.36 bits per heavy atom. The van der Waals surface area contributed by atoms with E-state index in [4.69, 9.17) is 0 Å². The molecule has 0 spiro atoms. The molecule has 1 heterocycles. The third-order valence-corrected chi connectivity index (χ3v) is 3.68. The van der Waals surface area contributed by atoms with Gasteiger partial charge in [-0.1, -0.05) is 20.8 Å². The fraction of sp³-hybridized carbons (Fsp3) is 0.556. The summed E-state index contributed by atoms with van der Waals surface area (Å²) in [4.78, 5) is 0. The second-order valence-electron chi connectivity index (χ2n) is 3.61. The summed E-state index contributed by atoms with van der Waals surface area (Å²) in [5, 5.41) is 2.16. The first kappa shape index (κ1) is 9.14. The predicted molar refractivity (Wildman–Crippen MR) is 54.7 cm³/mol. The van der Waals surface area contributed by atoms with Crippen molar-refractivity contribution in [2.24, 2.45) is 0 Å². The number of aryl methyl sites for hydroxylation is 1. The van der Waals surface area contributed by atoms with E-state index in [0.29, 0.717) is 4.75 Å². The van der Waals surface area contributed by atoms with Crippen LogP contribution in [0.3, 0.4) is 0 Å². The van der Waals surface area contributed by atoms with Gasteiger partial charge in [-0.05, 0) is 23.9 Å². The average Bonchev–Trinajstić information content (AvgIpc) is 2.12. The molecular weight excluding hydrogens is 172 g/mol. The van der Waals surface area contributed by atoms with Gasteiger partial charge in [-0.3, -0.25) is 0 Å². The first-order chi connectivity index (χ1) is 4.99. The summed E-state index contributed by atoms with van der Waals surface area (Å²) < 4.78 is 1.80. The highest BCUT2D eigenvalue weighted by Gasteiger charge is 2.13. The molecule has 11 heavy (non-hydrogen) atoms. The zero-order valence-electron chi connectivity index (χ0n) is 7.47. The van der Waals surface area contributed by atoms with E-state index in [-0.39, 0.29) is 0 Å². The average molecular weight is 186 g/mol. The Morgan fingerprint density at radius 3 is 2.36 bits per heavy atom. The molecule has 0 unspecified atom stereocenters. The van der Waals surface area contributed by atoms with Gasteiger partial charge >= 0.3 is 0 Å². The van der Waals surface area contributed by atoms with E-state index in [9.17, 15) is 0 Å². The van der Waals surface area contributed by atoms with Gasteiger partial charge in [0.1, 0.15) is 0 Å². The summed E-state index contributed by atoms with van der Waals surface area (Å²) in [5.41, 5.74) is 1.41. The molecule has 0 atom stereocenters. The van der Waals surface area contributed by atoms with E-state index >= 15 is 0 Å². The summed E-state index contributed by atoms with van der Waals surface area (Å²) in [7, 11) is 0. The van der Waals surface area contributed by atoms with Gasteiger partial charge in [-0.15, -0.1) is 23.1 Å². The van der Waals surface area contributed by atoms with E-state index in [1.807, 2.05) is 23.1 Å². The van der Waals surface area contributed by atoms with E-state index in [1.165, 1.54) is 9.77 Å². The Labute approximate surface area is 77.0 Å². The van der Waals surface area contributed by atoms with Crippen LogP contribution in [0.5, 0.6) is 0 Å². The molecule has 0 bridgehead atoms. The summed E-state index contributed by atoms with van der Waals surface area (Å²) >= 11 is 3.79. The van der Waals surface area contributed by atoms with Gasteiger partial charge in [0, 0.05) is 4.75 Å². The molecule has 0 N–H and O–H groups in total. The van der Waals surface area contributed by atoms with Crippen LogP contribution in [0.1, 0.15) is 26.3 Å². The molecule has 0 aliphatic carbocycles. The molecule has 0 fully saturated rings. The lowest BCUT2D eigenvalue weighted by Crippen LogP contribution is -2.06. The minimum atomic E-state index is 0.343. The zero-order chi connectivity index (χ0) is 8.48. The number of hydrogen-bond donors (Lipinski definition) is 0. The molecule has 0 saturated carbocycles. The molecule has 0 aliphatic rings. The Morgan fingerprint density at radius 2 is 2.00 bits per heavy atom. The maximum Gasteiger partial charge on any atom is 0.0632 e. The summed E-state index contributed by atoms with van der Waals surface area (Å²) in [6, 6.07) is 2.18. The van der Waals surface area contributed by atoms with Crippen molar-refractivity contribution in [3.05, 3.63) is 17.0 Å². The smallest absolute Gasteiger partial charge is 0.0632 e. The van der Waals surface area contributed by atoms with Gasteiger partial charge in [0.2, 0.25) is 0 Å². The highest BCUT2D eigenvalue weighted by Crippen LogP contribution is 2.37. The standard InChI is InChI=1S/C9H14S2/c1-7-5-6-10-8(7)11-9(2,3)4/h5-6H,1-4H3. The molecule has 62 valence electrons. The molecule has 2 heteroatoms. The molecule has 0 aromatic carbocycles. The maximum absolute atomic E-state index is 2.25. The first-order valence-electron chi connectivity index (χ1n) is 3.72. The van der Waals surface area contributed by atoms with Gasteiger partial charge in [0.05, 0.1) is 4.21 Å². The number of rotatable bonds is 1. The number of thiophene rings is 1. The van der Waals surface area contributed by atoms with Crippen molar-refractivity contribution in [3.8, 4) is 0 Å². The van der Waals surface area contributed by atoms with Crippen LogP contribution >= 0.6 is 23.1 Å². The minimum absolute atomic E-state index is 0.343. The van der Waals surface area contributed by atoms with Crippen molar-refractivity contribution in [1.29, 1.82) is 0 Å². The van der Waals surface area contributed by atoms with Gasteiger partial charge in [0.15, 0.2) is 0 Å². The lowest BCUT2D eigenvalue weighted by atomic mass is 10.3. The van der Waals surface area contributed by atoms with E-state index in [0.717, 1.165) is 0 Å². The van der Waals surface area contributed by atoms with Crippen LogP contribution in [-0.4, -0.2) is 4.75 Å². The second-order valence-corrected chi connectivity index (χ2v) is 6.62. The highest BCUT2D eigenvalue weighted by molar-refractivity contribution is 8.02. The summed E-state index contributed by atoms with van der Waals surface area (Å²) in [6.45, 7) is 8.91.